The molecule has 0 bridgehead atoms. The zero-order chi connectivity index (χ0) is 20.3. The quantitative estimate of drug-likeness (QED) is 0.571. The molecule has 2 aromatic carbocycles. The molecule has 0 spiro atoms. The predicted octanol–water partition coefficient (Wildman–Crippen LogP) is 6.42. The molecule has 0 aromatic heterocycles. The molecular weight excluding hydrogens is 344 g/mol. The van der Waals surface area contributed by atoms with Gasteiger partial charge in [-0.2, -0.15) is 0 Å². The van der Waals surface area contributed by atoms with Crippen LogP contribution in [0.4, 0.5) is 0 Å². The molecule has 0 radical (unpaired) electrons. The standard InChI is InChI=1S/C26H32O2/c1-5-10-20-18(3)22(12-14-24(20)27)26(16-8-7-9-17-26)23-13-15-25(28)21(11-6-2)19(23)4/h5-6,12-15,27-28H,1-2,7-11,16-17H2,3-4H3. The third-order valence-electron chi connectivity index (χ3n) is 6.58. The molecule has 0 atom stereocenters. The second-order valence-corrected chi connectivity index (χ2v) is 8.10. The van der Waals surface area contributed by atoms with Gasteiger partial charge >= 0.3 is 0 Å². The van der Waals surface area contributed by atoms with E-state index in [4.69, 9.17) is 0 Å². The van der Waals surface area contributed by atoms with Crippen molar-refractivity contribution in [2.24, 2.45) is 0 Å². The molecule has 28 heavy (non-hydrogen) atoms. The Morgan fingerprint density at radius 2 is 1.21 bits per heavy atom. The Morgan fingerprint density at radius 1 is 0.786 bits per heavy atom. The molecule has 2 aromatic rings. The second kappa shape index (κ2) is 8.26. The summed E-state index contributed by atoms with van der Waals surface area (Å²) in [6.07, 6.45) is 10.9. The number of rotatable bonds is 6. The van der Waals surface area contributed by atoms with Crippen molar-refractivity contribution >= 4 is 0 Å². The number of phenolic OH excluding ortho intramolecular Hbond substituents is 2. The molecule has 1 aliphatic rings. The van der Waals surface area contributed by atoms with Crippen LogP contribution in [-0.4, -0.2) is 10.2 Å². The second-order valence-electron chi connectivity index (χ2n) is 8.10. The number of hydrogen-bond acceptors (Lipinski definition) is 2. The Hall–Kier alpha value is -2.48. The molecule has 1 fully saturated rings. The first-order valence-electron chi connectivity index (χ1n) is 10.3. The number of aromatic hydroxyl groups is 2. The van der Waals surface area contributed by atoms with Gasteiger partial charge in [0, 0.05) is 16.5 Å². The maximum atomic E-state index is 10.4. The molecule has 2 N–H and O–H groups in total. The Labute approximate surface area is 169 Å². The van der Waals surface area contributed by atoms with Crippen LogP contribution in [0.3, 0.4) is 0 Å². The monoisotopic (exact) mass is 376 g/mol. The van der Waals surface area contributed by atoms with E-state index in [1.54, 1.807) is 0 Å². The zero-order valence-electron chi connectivity index (χ0n) is 17.2. The van der Waals surface area contributed by atoms with Gasteiger partial charge in [-0.3, -0.25) is 0 Å². The van der Waals surface area contributed by atoms with Crippen LogP contribution >= 0.6 is 0 Å². The summed E-state index contributed by atoms with van der Waals surface area (Å²) < 4.78 is 0. The van der Waals surface area contributed by atoms with Crippen LogP contribution in [0, 0.1) is 13.8 Å². The van der Waals surface area contributed by atoms with E-state index >= 15 is 0 Å². The molecule has 2 nitrogen and oxygen atoms in total. The third-order valence-corrected chi connectivity index (χ3v) is 6.58. The van der Waals surface area contributed by atoms with Gasteiger partial charge < -0.3 is 10.2 Å². The van der Waals surface area contributed by atoms with Crippen molar-refractivity contribution in [1.82, 2.24) is 0 Å². The van der Waals surface area contributed by atoms with E-state index in [0.717, 1.165) is 24.0 Å². The number of hydrogen-bond donors (Lipinski definition) is 2. The highest BCUT2D eigenvalue weighted by Gasteiger charge is 2.39. The highest BCUT2D eigenvalue weighted by molar-refractivity contribution is 5.56. The van der Waals surface area contributed by atoms with E-state index in [-0.39, 0.29) is 5.41 Å². The summed E-state index contributed by atoms with van der Waals surface area (Å²) in [5.74, 6) is 0.698. The first kappa shape index (κ1) is 20.3. The minimum atomic E-state index is -0.0837. The molecule has 0 unspecified atom stereocenters. The van der Waals surface area contributed by atoms with E-state index < -0.39 is 0 Å². The summed E-state index contributed by atoms with van der Waals surface area (Å²) in [4.78, 5) is 0. The van der Waals surface area contributed by atoms with Gasteiger partial charge in [-0.1, -0.05) is 43.5 Å². The summed E-state index contributed by atoms with van der Waals surface area (Å²) in [7, 11) is 0. The average Bonchev–Trinajstić information content (AvgIpc) is 2.69. The summed E-state index contributed by atoms with van der Waals surface area (Å²) in [5, 5.41) is 20.8. The largest absolute Gasteiger partial charge is 0.508 e. The lowest BCUT2D eigenvalue weighted by molar-refractivity contribution is 0.342. The van der Waals surface area contributed by atoms with Crippen LogP contribution in [0.15, 0.2) is 49.6 Å². The molecule has 0 saturated heterocycles. The van der Waals surface area contributed by atoms with E-state index in [0.29, 0.717) is 24.3 Å². The van der Waals surface area contributed by atoms with Gasteiger partial charge in [-0.15, -0.1) is 13.2 Å². The van der Waals surface area contributed by atoms with E-state index in [1.807, 2.05) is 24.3 Å². The van der Waals surface area contributed by atoms with E-state index in [1.165, 1.54) is 41.5 Å². The van der Waals surface area contributed by atoms with Crippen LogP contribution < -0.4 is 0 Å². The topological polar surface area (TPSA) is 40.5 Å². The van der Waals surface area contributed by atoms with Crippen molar-refractivity contribution in [2.75, 3.05) is 0 Å². The summed E-state index contributed by atoms with van der Waals surface area (Å²) in [6, 6.07) is 7.92. The number of benzene rings is 2. The molecule has 148 valence electrons. The van der Waals surface area contributed by atoms with Crippen molar-refractivity contribution < 1.29 is 10.2 Å². The first-order valence-corrected chi connectivity index (χ1v) is 10.3. The molecule has 0 amide bonds. The highest BCUT2D eigenvalue weighted by Crippen LogP contribution is 2.49. The molecule has 0 heterocycles. The Morgan fingerprint density at radius 3 is 1.61 bits per heavy atom. The minimum absolute atomic E-state index is 0.0837. The Bertz CT molecular complexity index is 818. The van der Waals surface area contributed by atoms with Crippen LogP contribution in [0.5, 0.6) is 11.5 Å². The lowest BCUT2D eigenvalue weighted by atomic mass is 9.62. The summed E-state index contributed by atoms with van der Waals surface area (Å²) >= 11 is 0. The molecule has 1 saturated carbocycles. The van der Waals surface area contributed by atoms with Crippen molar-refractivity contribution in [3.8, 4) is 11.5 Å². The van der Waals surface area contributed by atoms with Crippen LogP contribution in [0.2, 0.25) is 0 Å². The summed E-state index contributed by atoms with van der Waals surface area (Å²) in [6.45, 7) is 12.0. The van der Waals surface area contributed by atoms with Crippen molar-refractivity contribution in [1.29, 1.82) is 0 Å². The molecule has 0 aliphatic heterocycles. The lowest BCUT2D eigenvalue weighted by Gasteiger charge is -2.41. The van der Waals surface area contributed by atoms with Crippen LogP contribution in [0.1, 0.15) is 65.5 Å². The average molecular weight is 377 g/mol. The Kier molecular flexibility index (Phi) is 5.98. The van der Waals surface area contributed by atoms with Gasteiger partial charge in [0.1, 0.15) is 11.5 Å². The maximum absolute atomic E-state index is 10.4. The van der Waals surface area contributed by atoms with Crippen molar-refractivity contribution in [3.05, 3.63) is 83.0 Å². The highest BCUT2D eigenvalue weighted by atomic mass is 16.3. The zero-order valence-corrected chi connectivity index (χ0v) is 17.2. The third kappa shape index (κ3) is 3.37. The van der Waals surface area contributed by atoms with Gasteiger partial charge in [-0.05, 0) is 73.9 Å². The fourth-order valence-corrected chi connectivity index (χ4v) is 5.17. The van der Waals surface area contributed by atoms with Crippen LogP contribution in [0.25, 0.3) is 0 Å². The summed E-state index contributed by atoms with van der Waals surface area (Å²) in [5.41, 5.74) is 6.81. The number of allylic oxidation sites excluding steroid dienone is 2. The minimum Gasteiger partial charge on any atom is -0.508 e. The van der Waals surface area contributed by atoms with Gasteiger partial charge in [0.15, 0.2) is 0 Å². The Balaban J connectivity index is 2.27. The van der Waals surface area contributed by atoms with Gasteiger partial charge in [0.25, 0.3) is 0 Å². The predicted molar refractivity (Wildman–Crippen MR) is 117 cm³/mol. The SMILES string of the molecule is C=CCc1c(O)ccc(C2(c3ccc(O)c(CC=C)c3C)CCCCC2)c1C. The molecule has 1 aliphatic carbocycles. The number of phenols is 2. The molecular formula is C26H32O2. The fraction of sp³-hybridized carbons (Fsp3) is 0.385. The van der Waals surface area contributed by atoms with Crippen molar-refractivity contribution in [3.63, 3.8) is 0 Å². The smallest absolute Gasteiger partial charge is 0.119 e. The van der Waals surface area contributed by atoms with Gasteiger partial charge in [0.05, 0.1) is 0 Å². The van der Waals surface area contributed by atoms with Crippen LogP contribution in [-0.2, 0) is 18.3 Å². The fourth-order valence-electron chi connectivity index (χ4n) is 5.17. The van der Waals surface area contributed by atoms with Crippen molar-refractivity contribution in [2.45, 2.75) is 64.2 Å². The van der Waals surface area contributed by atoms with Gasteiger partial charge in [0.2, 0.25) is 0 Å². The maximum Gasteiger partial charge on any atom is 0.119 e. The van der Waals surface area contributed by atoms with Gasteiger partial charge in [-0.25, -0.2) is 0 Å². The normalized spacial score (nSPS) is 15.9. The lowest BCUT2D eigenvalue weighted by Crippen LogP contribution is -2.32. The molecule has 2 heteroatoms. The van der Waals surface area contributed by atoms with E-state index in [9.17, 15) is 10.2 Å². The first-order chi connectivity index (χ1) is 13.5. The molecule has 3 rings (SSSR count). The van der Waals surface area contributed by atoms with E-state index in [2.05, 4.69) is 39.1 Å².